The van der Waals surface area contributed by atoms with Crippen molar-refractivity contribution in [1.29, 1.82) is 0 Å². The summed E-state index contributed by atoms with van der Waals surface area (Å²) in [6, 6.07) is 10.4. The summed E-state index contributed by atoms with van der Waals surface area (Å²) in [6.45, 7) is 2.30. The Kier molecular flexibility index (Phi) is 7.75. The molecule has 0 bridgehead atoms. The lowest BCUT2D eigenvalue weighted by Crippen LogP contribution is -2.45. The second-order valence-electron chi connectivity index (χ2n) is 8.81. The number of anilines is 2. The standard InChI is InChI=1S/C25H31BrN4O4/c1-29-10-8-16-12-21(23(34-3)13-17(16)9-11-29)28-24(31)22-14-20(33-2)15-30(22)25(32)27-19-6-4-18(26)5-7-19/h4-7,12-13,20,22H,8-11,14-15H2,1-3H3,(H,27,32)(H,28,31). The number of methoxy groups -OCH3 is 2. The van der Waals surface area contributed by atoms with E-state index in [9.17, 15) is 9.59 Å². The van der Waals surface area contributed by atoms with Crippen molar-refractivity contribution in [3.05, 3.63) is 52.0 Å². The smallest absolute Gasteiger partial charge is 0.322 e. The SMILES string of the molecule is COc1cc2c(cc1NC(=O)C1CC(OC)CN1C(=O)Nc1ccc(Br)cc1)CCN(C)CC2. The van der Waals surface area contributed by atoms with Gasteiger partial charge in [-0.05, 0) is 67.4 Å². The Hall–Kier alpha value is -2.62. The van der Waals surface area contributed by atoms with Gasteiger partial charge in [-0.15, -0.1) is 0 Å². The number of ether oxygens (including phenoxy) is 2. The molecule has 9 heteroatoms. The van der Waals surface area contributed by atoms with Crippen LogP contribution in [0.3, 0.4) is 0 Å². The van der Waals surface area contributed by atoms with Gasteiger partial charge in [0, 0.05) is 43.3 Å². The number of hydrogen-bond donors (Lipinski definition) is 2. The Morgan fingerprint density at radius 1 is 1.03 bits per heavy atom. The number of carbonyl (C=O) groups is 2. The Labute approximate surface area is 208 Å². The van der Waals surface area contributed by atoms with E-state index in [0.717, 1.165) is 30.4 Å². The van der Waals surface area contributed by atoms with Crippen molar-refractivity contribution in [2.45, 2.75) is 31.4 Å². The molecule has 2 aromatic carbocycles. The van der Waals surface area contributed by atoms with Crippen LogP contribution in [0.2, 0.25) is 0 Å². The molecule has 2 atom stereocenters. The predicted octanol–water partition coefficient (Wildman–Crippen LogP) is 3.75. The van der Waals surface area contributed by atoms with Crippen molar-refractivity contribution in [2.24, 2.45) is 0 Å². The quantitative estimate of drug-likeness (QED) is 0.615. The number of carbonyl (C=O) groups excluding carboxylic acids is 2. The van der Waals surface area contributed by atoms with Crippen LogP contribution in [0.25, 0.3) is 0 Å². The molecule has 0 aromatic heterocycles. The van der Waals surface area contributed by atoms with Crippen LogP contribution >= 0.6 is 15.9 Å². The van der Waals surface area contributed by atoms with Gasteiger partial charge in [-0.25, -0.2) is 4.79 Å². The second kappa shape index (κ2) is 10.8. The monoisotopic (exact) mass is 530 g/mol. The highest BCUT2D eigenvalue weighted by Gasteiger charge is 2.40. The number of nitrogens with zero attached hydrogens (tertiary/aromatic N) is 2. The van der Waals surface area contributed by atoms with Crippen LogP contribution < -0.4 is 15.4 Å². The summed E-state index contributed by atoms with van der Waals surface area (Å²) in [7, 11) is 5.32. The third-order valence-electron chi connectivity index (χ3n) is 6.56. The number of rotatable bonds is 5. The highest BCUT2D eigenvalue weighted by molar-refractivity contribution is 9.10. The maximum atomic E-state index is 13.4. The number of fused-ring (bicyclic) bond motifs is 1. The van der Waals surface area contributed by atoms with Gasteiger partial charge in [0.05, 0.1) is 18.9 Å². The maximum absolute atomic E-state index is 13.4. The molecule has 2 aliphatic heterocycles. The van der Waals surface area contributed by atoms with E-state index in [2.05, 4.69) is 38.5 Å². The molecular weight excluding hydrogens is 500 g/mol. The van der Waals surface area contributed by atoms with E-state index < -0.39 is 6.04 Å². The highest BCUT2D eigenvalue weighted by atomic mass is 79.9. The summed E-state index contributed by atoms with van der Waals surface area (Å²) in [5.41, 5.74) is 3.75. The van der Waals surface area contributed by atoms with Gasteiger partial charge in [-0.2, -0.15) is 0 Å². The fourth-order valence-corrected chi connectivity index (χ4v) is 4.78. The molecule has 1 saturated heterocycles. The van der Waals surface area contributed by atoms with Crippen molar-refractivity contribution in [1.82, 2.24) is 9.80 Å². The van der Waals surface area contributed by atoms with Crippen LogP contribution in [-0.4, -0.2) is 74.8 Å². The minimum Gasteiger partial charge on any atom is -0.495 e. The van der Waals surface area contributed by atoms with Crippen LogP contribution in [-0.2, 0) is 22.4 Å². The number of hydrogen-bond acceptors (Lipinski definition) is 5. The van der Waals surface area contributed by atoms with Crippen molar-refractivity contribution in [3.63, 3.8) is 0 Å². The van der Waals surface area contributed by atoms with Crippen molar-refractivity contribution >= 4 is 39.2 Å². The molecule has 182 valence electrons. The van der Waals surface area contributed by atoms with Crippen LogP contribution in [0, 0.1) is 0 Å². The van der Waals surface area contributed by atoms with Crippen molar-refractivity contribution < 1.29 is 19.1 Å². The molecule has 0 spiro atoms. The minimum atomic E-state index is -0.657. The molecule has 34 heavy (non-hydrogen) atoms. The molecule has 2 aromatic rings. The minimum absolute atomic E-state index is 0.212. The summed E-state index contributed by atoms with van der Waals surface area (Å²) < 4.78 is 12.0. The maximum Gasteiger partial charge on any atom is 0.322 e. The summed E-state index contributed by atoms with van der Waals surface area (Å²) >= 11 is 3.39. The Morgan fingerprint density at radius 2 is 1.71 bits per heavy atom. The number of amides is 3. The number of nitrogens with one attached hydrogen (secondary N) is 2. The molecule has 2 unspecified atom stereocenters. The first-order valence-corrected chi connectivity index (χ1v) is 12.2. The van der Waals surface area contributed by atoms with Gasteiger partial charge in [0.2, 0.25) is 5.91 Å². The van der Waals surface area contributed by atoms with E-state index in [0.29, 0.717) is 30.1 Å². The first-order valence-electron chi connectivity index (χ1n) is 11.4. The summed E-state index contributed by atoms with van der Waals surface area (Å²) in [5, 5.41) is 5.91. The van der Waals surface area contributed by atoms with Crippen LogP contribution in [0.4, 0.5) is 16.2 Å². The molecular formula is C25H31BrN4O4. The van der Waals surface area contributed by atoms with E-state index in [4.69, 9.17) is 9.47 Å². The average Bonchev–Trinajstić information content (AvgIpc) is 3.20. The van der Waals surface area contributed by atoms with E-state index in [1.807, 2.05) is 24.3 Å². The van der Waals surface area contributed by atoms with Crippen LogP contribution in [0.1, 0.15) is 17.5 Å². The third-order valence-corrected chi connectivity index (χ3v) is 7.09. The Balaban J connectivity index is 1.52. The van der Waals surface area contributed by atoms with Gasteiger partial charge >= 0.3 is 6.03 Å². The molecule has 0 saturated carbocycles. The first kappa shape index (κ1) is 24.5. The average molecular weight is 531 g/mol. The fraction of sp³-hybridized carbons (Fsp3) is 0.440. The molecule has 8 nitrogen and oxygen atoms in total. The molecule has 4 rings (SSSR count). The third kappa shape index (κ3) is 5.54. The van der Waals surface area contributed by atoms with E-state index in [-0.39, 0.29) is 18.0 Å². The van der Waals surface area contributed by atoms with Gasteiger partial charge in [0.1, 0.15) is 11.8 Å². The van der Waals surface area contributed by atoms with Crippen LogP contribution in [0.5, 0.6) is 5.75 Å². The van der Waals surface area contributed by atoms with Gasteiger partial charge in [-0.1, -0.05) is 15.9 Å². The lowest BCUT2D eigenvalue weighted by Gasteiger charge is -2.24. The van der Waals surface area contributed by atoms with Gasteiger partial charge in [-0.3, -0.25) is 4.79 Å². The van der Waals surface area contributed by atoms with E-state index in [1.54, 1.807) is 26.4 Å². The number of benzene rings is 2. The van der Waals surface area contributed by atoms with Gasteiger partial charge < -0.3 is 29.9 Å². The molecule has 2 heterocycles. The van der Waals surface area contributed by atoms with Gasteiger partial charge in [0.25, 0.3) is 0 Å². The summed E-state index contributed by atoms with van der Waals surface area (Å²) in [4.78, 5) is 30.3. The Bertz CT molecular complexity index is 1050. The molecule has 0 aliphatic carbocycles. The normalized spacial score (nSPS) is 20.4. The number of likely N-dealkylation sites (N-methyl/N-ethyl adjacent to an activating group) is 1. The van der Waals surface area contributed by atoms with E-state index in [1.165, 1.54) is 16.0 Å². The number of likely N-dealkylation sites (tertiary alicyclic amines) is 1. The molecule has 3 amide bonds. The van der Waals surface area contributed by atoms with Crippen LogP contribution in [0.15, 0.2) is 40.9 Å². The van der Waals surface area contributed by atoms with Crippen molar-refractivity contribution in [2.75, 3.05) is 51.5 Å². The molecule has 2 aliphatic rings. The predicted molar refractivity (Wildman–Crippen MR) is 136 cm³/mol. The summed E-state index contributed by atoms with van der Waals surface area (Å²) in [6.07, 6.45) is 2.07. The fourth-order valence-electron chi connectivity index (χ4n) is 4.52. The Morgan fingerprint density at radius 3 is 2.35 bits per heavy atom. The lowest BCUT2D eigenvalue weighted by molar-refractivity contribution is -0.119. The topological polar surface area (TPSA) is 83.1 Å². The largest absolute Gasteiger partial charge is 0.495 e. The highest BCUT2D eigenvalue weighted by Crippen LogP contribution is 2.32. The number of urea groups is 1. The zero-order valence-corrected chi connectivity index (χ0v) is 21.4. The molecule has 0 radical (unpaired) electrons. The van der Waals surface area contributed by atoms with E-state index >= 15 is 0 Å². The van der Waals surface area contributed by atoms with Crippen molar-refractivity contribution in [3.8, 4) is 5.75 Å². The second-order valence-corrected chi connectivity index (χ2v) is 9.73. The first-order chi connectivity index (χ1) is 16.4. The zero-order chi connectivity index (χ0) is 24.2. The number of halogens is 1. The summed E-state index contributed by atoms with van der Waals surface area (Å²) in [5.74, 6) is 0.373. The zero-order valence-electron chi connectivity index (χ0n) is 19.8. The molecule has 1 fully saturated rings. The van der Waals surface area contributed by atoms with Gasteiger partial charge in [0.15, 0.2) is 0 Å². The molecule has 2 N–H and O–H groups in total. The lowest BCUT2D eigenvalue weighted by atomic mass is 10.0.